The Balaban J connectivity index is 0.00000192. The van der Waals surface area contributed by atoms with Crippen LogP contribution in [0.2, 0.25) is 0 Å². The second-order valence-corrected chi connectivity index (χ2v) is 6.09. The average Bonchev–Trinajstić information content (AvgIpc) is 3.02. The zero-order valence-corrected chi connectivity index (χ0v) is 15.1. The number of pyridine rings is 1. The fraction of sp³-hybridized carbons (Fsp3) is 0.526. The molecule has 0 amide bonds. The van der Waals surface area contributed by atoms with Crippen LogP contribution < -0.4 is 5.32 Å². The van der Waals surface area contributed by atoms with Gasteiger partial charge in [-0.25, -0.2) is 0 Å². The Hall–Kier alpha value is -1.32. The Morgan fingerprint density at radius 2 is 1.91 bits per heavy atom. The number of fused-ring (bicyclic) bond motifs is 2. The number of nitrogens with one attached hydrogen (secondary N) is 1. The van der Waals surface area contributed by atoms with Crippen molar-refractivity contribution >= 4 is 29.0 Å². The molecule has 1 aliphatic rings. The molecular formula is C19H28ClN3. The van der Waals surface area contributed by atoms with Gasteiger partial charge in [-0.15, -0.1) is 12.4 Å². The molecule has 1 heterocycles. The summed E-state index contributed by atoms with van der Waals surface area (Å²) in [5.74, 6) is 0. The number of aryl methyl sites for hydroxylation is 1. The molecule has 0 unspecified atom stereocenters. The molecule has 126 valence electrons. The molecule has 23 heavy (non-hydrogen) atoms. The predicted molar refractivity (Wildman–Crippen MR) is 102 cm³/mol. The molecule has 0 bridgehead atoms. The minimum atomic E-state index is 0. The van der Waals surface area contributed by atoms with Crippen LogP contribution in [0.4, 0.5) is 5.69 Å². The molecule has 0 fully saturated rings. The lowest BCUT2D eigenvalue weighted by molar-refractivity contribution is 0.303. The van der Waals surface area contributed by atoms with Crippen molar-refractivity contribution in [2.75, 3.05) is 31.5 Å². The van der Waals surface area contributed by atoms with Gasteiger partial charge in [0.05, 0.1) is 5.52 Å². The summed E-state index contributed by atoms with van der Waals surface area (Å²) in [4.78, 5) is 7.33. The van der Waals surface area contributed by atoms with Gasteiger partial charge >= 0.3 is 0 Å². The van der Waals surface area contributed by atoms with Gasteiger partial charge in [-0.05, 0) is 56.9 Å². The van der Waals surface area contributed by atoms with Gasteiger partial charge in [0.25, 0.3) is 0 Å². The number of halogens is 1. The van der Waals surface area contributed by atoms with Crippen LogP contribution in [-0.2, 0) is 12.8 Å². The highest BCUT2D eigenvalue weighted by Gasteiger charge is 2.19. The van der Waals surface area contributed by atoms with Gasteiger partial charge in [0.1, 0.15) is 0 Å². The summed E-state index contributed by atoms with van der Waals surface area (Å²) < 4.78 is 0. The highest BCUT2D eigenvalue weighted by Crippen LogP contribution is 2.33. The standard InChI is InChI=1S/C19H27N3.ClH/c1-3-22(4-2)14-8-13-20-19-15-9-5-6-11-17(15)21-18-12-7-10-16(18)19;/h5-6,9,11H,3-4,7-8,10,12-14H2,1-2H3,(H,20,21);1H. The number of para-hydroxylation sites is 1. The Kier molecular flexibility index (Phi) is 6.67. The first-order chi connectivity index (χ1) is 10.8. The SMILES string of the molecule is CCN(CC)CCCNc1c2c(nc3ccccc13)CCC2.Cl. The summed E-state index contributed by atoms with van der Waals surface area (Å²) in [6.07, 6.45) is 4.74. The molecule has 1 aromatic heterocycles. The van der Waals surface area contributed by atoms with Crippen LogP contribution >= 0.6 is 12.4 Å². The topological polar surface area (TPSA) is 28.2 Å². The third-order valence-corrected chi connectivity index (χ3v) is 4.77. The lowest BCUT2D eigenvalue weighted by Gasteiger charge is -2.19. The zero-order chi connectivity index (χ0) is 15.4. The second-order valence-electron chi connectivity index (χ2n) is 6.09. The van der Waals surface area contributed by atoms with Crippen LogP contribution in [-0.4, -0.2) is 36.1 Å². The molecule has 1 aliphatic carbocycles. The van der Waals surface area contributed by atoms with E-state index in [-0.39, 0.29) is 12.4 Å². The van der Waals surface area contributed by atoms with Crippen LogP contribution in [0.3, 0.4) is 0 Å². The first kappa shape index (κ1) is 18.0. The van der Waals surface area contributed by atoms with Gasteiger partial charge in [-0.3, -0.25) is 4.98 Å². The molecule has 0 atom stereocenters. The molecule has 0 radical (unpaired) electrons. The van der Waals surface area contributed by atoms with Gasteiger partial charge in [0, 0.05) is 23.3 Å². The van der Waals surface area contributed by atoms with Crippen LogP contribution in [0.25, 0.3) is 10.9 Å². The van der Waals surface area contributed by atoms with E-state index in [9.17, 15) is 0 Å². The van der Waals surface area contributed by atoms with Crippen molar-refractivity contribution in [1.82, 2.24) is 9.88 Å². The second kappa shape index (κ2) is 8.51. The highest BCUT2D eigenvalue weighted by atomic mass is 35.5. The summed E-state index contributed by atoms with van der Waals surface area (Å²) in [6, 6.07) is 8.54. The maximum absolute atomic E-state index is 4.85. The van der Waals surface area contributed by atoms with Crippen molar-refractivity contribution in [2.24, 2.45) is 0 Å². The molecular weight excluding hydrogens is 306 g/mol. The number of aromatic nitrogens is 1. The number of hydrogen-bond donors (Lipinski definition) is 1. The van der Waals surface area contributed by atoms with E-state index in [0.29, 0.717) is 0 Å². The summed E-state index contributed by atoms with van der Waals surface area (Å²) >= 11 is 0. The van der Waals surface area contributed by atoms with Crippen molar-refractivity contribution in [3.8, 4) is 0 Å². The highest BCUT2D eigenvalue weighted by molar-refractivity contribution is 5.93. The number of hydrogen-bond acceptors (Lipinski definition) is 3. The van der Waals surface area contributed by atoms with Gasteiger partial charge in [0.15, 0.2) is 0 Å². The van der Waals surface area contributed by atoms with Gasteiger partial charge in [-0.2, -0.15) is 0 Å². The van der Waals surface area contributed by atoms with Crippen molar-refractivity contribution in [3.63, 3.8) is 0 Å². The van der Waals surface area contributed by atoms with E-state index in [0.717, 1.165) is 31.6 Å². The van der Waals surface area contributed by atoms with Crippen LogP contribution in [0, 0.1) is 0 Å². The minimum absolute atomic E-state index is 0. The molecule has 0 spiro atoms. The van der Waals surface area contributed by atoms with Crippen molar-refractivity contribution < 1.29 is 0 Å². The number of rotatable bonds is 7. The van der Waals surface area contributed by atoms with Crippen LogP contribution in [0.5, 0.6) is 0 Å². The van der Waals surface area contributed by atoms with Gasteiger partial charge < -0.3 is 10.2 Å². The van der Waals surface area contributed by atoms with E-state index in [1.165, 1.54) is 48.1 Å². The molecule has 3 nitrogen and oxygen atoms in total. The monoisotopic (exact) mass is 333 g/mol. The lowest BCUT2D eigenvalue weighted by Crippen LogP contribution is -2.25. The van der Waals surface area contributed by atoms with E-state index in [1.54, 1.807) is 0 Å². The normalized spacial score (nSPS) is 13.2. The Bertz CT molecular complexity index is 638. The van der Waals surface area contributed by atoms with E-state index in [2.05, 4.69) is 48.3 Å². The molecule has 2 aromatic rings. The third-order valence-electron chi connectivity index (χ3n) is 4.77. The van der Waals surface area contributed by atoms with E-state index in [1.807, 2.05) is 0 Å². The maximum Gasteiger partial charge on any atom is 0.0726 e. The fourth-order valence-corrected chi connectivity index (χ4v) is 3.47. The largest absolute Gasteiger partial charge is 0.384 e. The first-order valence-corrected chi connectivity index (χ1v) is 8.70. The number of benzene rings is 1. The zero-order valence-electron chi connectivity index (χ0n) is 14.3. The maximum atomic E-state index is 4.85. The van der Waals surface area contributed by atoms with Gasteiger partial charge in [0.2, 0.25) is 0 Å². The van der Waals surface area contributed by atoms with E-state index >= 15 is 0 Å². The fourth-order valence-electron chi connectivity index (χ4n) is 3.47. The van der Waals surface area contributed by atoms with Crippen molar-refractivity contribution in [2.45, 2.75) is 39.5 Å². The Labute approximate surface area is 145 Å². The number of anilines is 1. The molecule has 3 rings (SSSR count). The molecule has 0 aliphatic heterocycles. The third kappa shape index (κ3) is 3.96. The molecule has 1 aromatic carbocycles. The van der Waals surface area contributed by atoms with Crippen molar-refractivity contribution in [3.05, 3.63) is 35.5 Å². The molecule has 4 heteroatoms. The molecule has 0 saturated carbocycles. The van der Waals surface area contributed by atoms with Gasteiger partial charge in [-0.1, -0.05) is 32.0 Å². The van der Waals surface area contributed by atoms with E-state index in [4.69, 9.17) is 4.98 Å². The van der Waals surface area contributed by atoms with Crippen LogP contribution in [0.15, 0.2) is 24.3 Å². The quantitative estimate of drug-likeness (QED) is 0.766. The Morgan fingerprint density at radius 1 is 1.13 bits per heavy atom. The summed E-state index contributed by atoms with van der Waals surface area (Å²) in [6.45, 7) is 8.97. The Morgan fingerprint density at radius 3 is 2.70 bits per heavy atom. The smallest absolute Gasteiger partial charge is 0.0726 e. The average molecular weight is 334 g/mol. The minimum Gasteiger partial charge on any atom is -0.384 e. The summed E-state index contributed by atoms with van der Waals surface area (Å²) in [5, 5.41) is 5.01. The number of nitrogens with zero attached hydrogens (tertiary/aromatic N) is 2. The molecule has 0 saturated heterocycles. The predicted octanol–water partition coefficient (Wildman–Crippen LogP) is 4.29. The first-order valence-electron chi connectivity index (χ1n) is 8.70. The van der Waals surface area contributed by atoms with Crippen molar-refractivity contribution in [1.29, 1.82) is 0 Å². The molecule has 1 N–H and O–H groups in total. The summed E-state index contributed by atoms with van der Waals surface area (Å²) in [5.41, 5.74) is 5.25. The summed E-state index contributed by atoms with van der Waals surface area (Å²) in [7, 11) is 0. The van der Waals surface area contributed by atoms with E-state index < -0.39 is 0 Å². The lowest BCUT2D eigenvalue weighted by atomic mass is 10.1. The van der Waals surface area contributed by atoms with Crippen LogP contribution in [0.1, 0.15) is 37.9 Å².